The van der Waals surface area contributed by atoms with E-state index in [1.165, 1.54) is 3.57 Å². The number of hydrogen-bond donors (Lipinski definition) is 0. The fourth-order valence-corrected chi connectivity index (χ4v) is 2.55. The van der Waals surface area contributed by atoms with Crippen LogP contribution < -0.4 is 4.74 Å². The van der Waals surface area contributed by atoms with Crippen molar-refractivity contribution in [1.29, 1.82) is 0 Å². The van der Waals surface area contributed by atoms with E-state index in [0.29, 0.717) is 5.92 Å². The van der Waals surface area contributed by atoms with Crippen molar-refractivity contribution in [3.63, 3.8) is 0 Å². The number of ether oxygens (including phenoxy) is 1. The maximum Gasteiger partial charge on any atom is 0.119 e. The molecule has 0 bridgehead atoms. The first-order valence-corrected chi connectivity index (χ1v) is 7.70. The van der Waals surface area contributed by atoms with Crippen LogP contribution in [0.5, 0.6) is 5.75 Å². The largest absolute Gasteiger partial charge is 0.493 e. The molecule has 0 aliphatic rings. The summed E-state index contributed by atoms with van der Waals surface area (Å²) < 4.78 is 6.95. The highest BCUT2D eigenvalue weighted by atomic mass is 127. The van der Waals surface area contributed by atoms with Gasteiger partial charge in [0.05, 0.1) is 6.61 Å². The van der Waals surface area contributed by atoms with Gasteiger partial charge in [-0.1, -0.05) is 37.6 Å². The van der Waals surface area contributed by atoms with Crippen LogP contribution in [0.4, 0.5) is 0 Å². The zero-order valence-corrected chi connectivity index (χ0v) is 13.9. The number of benzene rings is 2. The lowest BCUT2D eigenvalue weighted by Gasteiger charge is -2.11. The Hall–Kier alpha value is -0.740. The third kappa shape index (κ3) is 4.11. The Kier molecular flexibility index (Phi) is 5.11. The van der Waals surface area contributed by atoms with Crippen LogP contribution in [-0.4, -0.2) is 6.61 Å². The summed E-state index contributed by atoms with van der Waals surface area (Å²) in [6.07, 6.45) is 0. The molecule has 100 valence electrons. The summed E-state index contributed by atoms with van der Waals surface area (Å²) in [7, 11) is 0. The van der Waals surface area contributed by atoms with Gasteiger partial charge in [0, 0.05) is 8.59 Å². The van der Waals surface area contributed by atoms with Crippen LogP contribution in [0.15, 0.2) is 42.5 Å². The fourth-order valence-electron chi connectivity index (χ4n) is 1.74. The lowest BCUT2D eigenvalue weighted by molar-refractivity contribution is 0.271. The maximum absolute atomic E-state index is 6.07. The Morgan fingerprint density at radius 1 is 1.16 bits per heavy atom. The summed E-state index contributed by atoms with van der Waals surface area (Å²) in [6, 6.07) is 14.1. The van der Waals surface area contributed by atoms with Crippen LogP contribution in [0.2, 0.25) is 5.02 Å². The fraction of sp³-hybridized carbons (Fsp3) is 0.250. The van der Waals surface area contributed by atoms with E-state index in [9.17, 15) is 0 Å². The number of rotatable bonds is 4. The van der Waals surface area contributed by atoms with Gasteiger partial charge in [0.25, 0.3) is 0 Å². The molecular formula is C16H16ClIO. The molecule has 0 amide bonds. The summed E-state index contributed by atoms with van der Waals surface area (Å²) in [4.78, 5) is 0. The van der Waals surface area contributed by atoms with Crippen molar-refractivity contribution in [3.8, 4) is 16.9 Å². The lowest BCUT2D eigenvalue weighted by atomic mass is 10.1. The van der Waals surface area contributed by atoms with Crippen molar-refractivity contribution in [2.75, 3.05) is 6.61 Å². The van der Waals surface area contributed by atoms with Crippen LogP contribution in [0.3, 0.4) is 0 Å². The first-order chi connectivity index (χ1) is 9.06. The molecule has 2 aromatic carbocycles. The molecule has 0 N–H and O–H groups in total. The van der Waals surface area contributed by atoms with Crippen LogP contribution in [0, 0.1) is 9.49 Å². The van der Waals surface area contributed by atoms with Crippen LogP contribution in [0.1, 0.15) is 13.8 Å². The zero-order chi connectivity index (χ0) is 13.8. The molecule has 0 radical (unpaired) electrons. The molecule has 0 spiro atoms. The van der Waals surface area contributed by atoms with Gasteiger partial charge in [-0.05, 0) is 70.0 Å². The van der Waals surface area contributed by atoms with Gasteiger partial charge in [0.2, 0.25) is 0 Å². The minimum atomic E-state index is 0.523. The van der Waals surface area contributed by atoms with Crippen molar-refractivity contribution in [2.24, 2.45) is 5.92 Å². The van der Waals surface area contributed by atoms with E-state index in [2.05, 4.69) is 48.6 Å². The second kappa shape index (κ2) is 6.62. The van der Waals surface area contributed by atoms with E-state index >= 15 is 0 Å². The maximum atomic E-state index is 6.07. The molecule has 0 heterocycles. The Morgan fingerprint density at radius 2 is 1.95 bits per heavy atom. The first kappa shape index (κ1) is 14.7. The van der Waals surface area contributed by atoms with Crippen molar-refractivity contribution >= 4 is 34.2 Å². The minimum absolute atomic E-state index is 0.523. The molecule has 2 aromatic rings. The zero-order valence-electron chi connectivity index (χ0n) is 11.0. The van der Waals surface area contributed by atoms with Crippen molar-refractivity contribution in [2.45, 2.75) is 13.8 Å². The average molecular weight is 387 g/mol. The lowest BCUT2D eigenvalue weighted by Crippen LogP contribution is -2.04. The van der Waals surface area contributed by atoms with Gasteiger partial charge in [-0.25, -0.2) is 0 Å². The molecule has 1 nitrogen and oxygen atoms in total. The highest BCUT2D eigenvalue weighted by Gasteiger charge is 2.06. The van der Waals surface area contributed by atoms with Gasteiger partial charge in [0.15, 0.2) is 0 Å². The van der Waals surface area contributed by atoms with Gasteiger partial charge >= 0.3 is 0 Å². The Balaban J connectivity index is 2.29. The predicted octanol–water partition coefficient (Wildman–Crippen LogP) is 5.65. The molecule has 2 rings (SSSR count). The van der Waals surface area contributed by atoms with Crippen molar-refractivity contribution in [1.82, 2.24) is 0 Å². The van der Waals surface area contributed by atoms with Crippen molar-refractivity contribution < 1.29 is 4.74 Å². The second-order valence-corrected chi connectivity index (χ2v) is 6.46. The Morgan fingerprint density at radius 3 is 2.68 bits per heavy atom. The molecular weight excluding hydrogens is 371 g/mol. The Labute approximate surface area is 133 Å². The van der Waals surface area contributed by atoms with Gasteiger partial charge in [0.1, 0.15) is 5.75 Å². The molecule has 0 aliphatic heterocycles. The van der Waals surface area contributed by atoms with Gasteiger partial charge in [-0.3, -0.25) is 0 Å². The highest BCUT2D eigenvalue weighted by Crippen LogP contribution is 2.30. The number of halogens is 2. The summed E-state index contributed by atoms with van der Waals surface area (Å²) in [5.74, 6) is 1.43. The minimum Gasteiger partial charge on any atom is -0.493 e. The van der Waals surface area contributed by atoms with E-state index in [1.807, 2.05) is 30.3 Å². The van der Waals surface area contributed by atoms with Crippen LogP contribution in [-0.2, 0) is 0 Å². The molecule has 0 fully saturated rings. The number of hydrogen-bond acceptors (Lipinski definition) is 1. The molecule has 19 heavy (non-hydrogen) atoms. The topological polar surface area (TPSA) is 9.23 Å². The van der Waals surface area contributed by atoms with E-state index < -0.39 is 0 Å². The van der Waals surface area contributed by atoms with Crippen LogP contribution >= 0.6 is 34.2 Å². The molecule has 0 saturated heterocycles. The highest BCUT2D eigenvalue weighted by molar-refractivity contribution is 14.1. The van der Waals surface area contributed by atoms with Gasteiger partial charge in [-0.15, -0.1) is 0 Å². The summed E-state index contributed by atoms with van der Waals surface area (Å²) in [5.41, 5.74) is 2.27. The standard InChI is InChI=1S/C16H16ClIO/c1-11(2)10-19-14-5-3-4-12(8-14)15-9-13(17)6-7-16(15)18/h3-9,11H,10H2,1-2H3. The summed E-state index contributed by atoms with van der Waals surface area (Å²) in [6.45, 7) is 5.02. The van der Waals surface area contributed by atoms with Gasteiger partial charge in [-0.2, -0.15) is 0 Å². The average Bonchev–Trinajstić information content (AvgIpc) is 2.39. The summed E-state index contributed by atoms with van der Waals surface area (Å²) in [5, 5.41) is 0.754. The van der Waals surface area contributed by atoms with Crippen LogP contribution in [0.25, 0.3) is 11.1 Å². The van der Waals surface area contributed by atoms with E-state index in [0.717, 1.165) is 28.5 Å². The third-order valence-corrected chi connectivity index (χ3v) is 3.83. The molecule has 0 unspecified atom stereocenters. The smallest absolute Gasteiger partial charge is 0.119 e. The monoisotopic (exact) mass is 386 g/mol. The SMILES string of the molecule is CC(C)COc1cccc(-c2cc(Cl)ccc2I)c1. The first-order valence-electron chi connectivity index (χ1n) is 6.24. The van der Waals surface area contributed by atoms with E-state index in [4.69, 9.17) is 16.3 Å². The molecule has 0 atom stereocenters. The second-order valence-electron chi connectivity index (χ2n) is 4.86. The molecule has 0 saturated carbocycles. The Bertz CT molecular complexity index is 566. The summed E-state index contributed by atoms with van der Waals surface area (Å²) >= 11 is 8.40. The quantitative estimate of drug-likeness (QED) is 0.617. The van der Waals surface area contributed by atoms with E-state index in [1.54, 1.807) is 0 Å². The van der Waals surface area contributed by atoms with E-state index in [-0.39, 0.29) is 0 Å². The molecule has 0 aromatic heterocycles. The predicted molar refractivity (Wildman–Crippen MR) is 89.9 cm³/mol. The molecule has 0 aliphatic carbocycles. The van der Waals surface area contributed by atoms with Gasteiger partial charge < -0.3 is 4.74 Å². The van der Waals surface area contributed by atoms with Crippen molar-refractivity contribution in [3.05, 3.63) is 51.1 Å². The third-order valence-electron chi connectivity index (χ3n) is 2.66. The molecule has 3 heteroatoms. The normalized spacial score (nSPS) is 10.8.